The number of nitrogens with one attached hydrogen (secondary N) is 1. The zero-order chi connectivity index (χ0) is 12.8. The Bertz CT molecular complexity index is 418. The van der Waals surface area contributed by atoms with Gasteiger partial charge in [-0.2, -0.15) is 0 Å². The minimum absolute atomic E-state index is 0.245. The maximum atomic E-state index is 3.64. The third kappa shape index (κ3) is 2.40. The summed E-state index contributed by atoms with van der Waals surface area (Å²) in [5.74, 6) is 0. The third-order valence-corrected chi connectivity index (χ3v) is 3.68. The molecule has 1 aromatic carbocycles. The summed E-state index contributed by atoms with van der Waals surface area (Å²) in [6.07, 6.45) is 0. The summed E-state index contributed by atoms with van der Waals surface area (Å²) >= 11 is 0. The van der Waals surface area contributed by atoms with Gasteiger partial charge in [0.2, 0.25) is 0 Å². The minimum atomic E-state index is 0.245. The molecule has 0 saturated carbocycles. The highest BCUT2D eigenvalue weighted by molar-refractivity contribution is 5.40. The van der Waals surface area contributed by atoms with Crippen molar-refractivity contribution in [3.05, 3.63) is 34.9 Å². The lowest BCUT2D eigenvalue weighted by Gasteiger charge is -2.28. The minimum Gasteiger partial charge on any atom is -0.305 e. The van der Waals surface area contributed by atoms with Crippen LogP contribution in [-0.4, -0.2) is 0 Å². The number of hydrogen-bond acceptors (Lipinski definition) is 1. The van der Waals surface area contributed by atoms with Gasteiger partial charge in [0.1, 0.15) is 0 Å². The van der Waals surface area contributed by atoms with Crippen LogP contribution in [0.5, 0.6) is 0 Å². The van der Waals surface area contributed by atoms with Crippen molar-refractivity contribution in [3.8, 4) is 0 Å². The van der Waals surface area contributed by atoms with Gasteiger partial charge >= 0.3 is 0 Å². The Labute approximate surface area is 106 Å². The van der Waals surface area contributed by atoms with Gasteiger partial charge in [0.15, 0.2) is 0 Å². The summed E-state index contributed by atoms with van der Waals surface area (Å²) in [7, 11) is 0. The highest BCUT2D eigenvalue weighted by Crippen LogP contribution is 2.39. The van der Waals surface area contributed by atoms with Crippen LogP contribution in [-0.2, 0) is 12.0 Å². The Morgan fingerprint density at radius 3 is 2.24 bits per heavy atom. The maximum Gasteiger partial charge on any atom is 0.0375 e. The van der Waals surface area contributed by atoms with Gasteiger partial charge in [0.25, 0.3) is 0 Å². The maximum absolute atomic E-state index is 3.64. The molecule has 1 aromatic rings. The average Bonchev–Trinajstić information content (AvgIpc) is 2.57. The highest BCUT2D eigenvalue weighted by Gasteiger charge is 2.32. The molecule has 1 heteroatoms. The lowest BCUT2D eigenvalue weighted by atomic mass is 9.80. The molecule has 17 heavy (non-hydrogen) atoms. The second-order valence-electron chi connectivity index (χ2n) is 7.34. The molecule has 1 aliphatic rings. The molecular formula is C16H25N. The predicted molar refractivity (Wildman–Crippen MR) is 74.2 cm³/mol. The van der Waals surface area contributed by atoms with E-state index < -0.39 is 0 Å². The first-order valence-corrected chi connectivity index (χ1v) is 6.56. The quantitative estimate of drug-likeness (QED) is 0.706. The van der Waals surface area contributed by atoms with Crippen molar-refractivity contribution in [2.75, 3.05) is 0 Å². The fourth-order valence-electron chi connectivity index (χ4n) is 2.60. The molecule has 0 bridgehead atoms. The fourth-order valence-corrected chi connectivity index (χ4v) is 2.60. The Hall–Kier alpha value is -0.820. The van der Waals surface area contributed by atoms with Crippen LogP contribution < -0.4 is 5.32 Å². The summed E-state index contributed by atoms with van der Waals surface area (Å²) < 4.78 is 0. The van der Waals surface area contributed by atoms with Crippen molar-refractivity contribution in [1.82, 2.24) is 5.32 Å². The van der Waals surface area contributed by atoms with E-state index in [1.165, 1.54) is 16.7 Å². The van der Waals surface area contributed by atoms with Crippen molar-refractivity contribution in [2.45, 2.75) is 59.5 Å². The Morgan fingerprint density at radius 1 is 1.06 bits per heavy atom. The topological polar surface area (TPSA) is 12.0 Å². The van der Waals surface area contributed by atoms with E-state index in [0.717, 1.165) is 6.54 Å². The molecule has 94 valence electrons. The molecule has 1 N–H and O–H groups in total. The third-order valence-electron chi connectivity index (χ3n) is 3.68. The standard InChI is InChI=1S/C16H25N/c1-15(2,3)12-7-8-13-11(9-12)10-17-14(13)16(4,5)6/h7-9,14,17H,10H2,1-6H3. The molecule has 1 nitrogen and oxygen atoms in total. The van der Waals surface area contributed by atoms with Gasteiger partial charge < -0.3 is 5.32 Å². The van der Waals surface area contributed by atoms with Gasteiger partial charge in [-0.3, -0.25) is 0 Å². The number of hydrogen-bond donors (Lipinski definition) is 1. The van der Waals surface area contributed by atoms with Crippen LogP contribution in [0.1, 0.15) is 64.3 Å². The van der Waals surface area contributed by atoms with Crippen LogP contribution in [0.15, 0.2) is 18.2 Å². The molecule has 0 amide bonds. The van der Waals surface area contributed by atoms with Crippen molar-refractivity contribution in [3.63, 3.8) is 0 Å². The monoisotopic (exact) mass is 231 g/mol. The van der Waals surface area contributed by atoms with Gasteiger partial charge in [-0.1, -0.05) is 59.7 Å². The van der Waals surface area contributed by atoms with Crippen LogP contribution in [0.25, 0.3) is 0 Å². The van der Waals surface area contributed by atoms with E-state index in [4.69, 9.17) is 0 Å². The molecule has 0 saturated heterocycles. The van der Waals surface area contributed by atoms with E-state index in [9.17, 15) is 0 Å². The van der Waals surface area contributed by atoms with Crippen molar-refractivity contribution in [2.24, 2.45) is 5.41 Å². The molecule has 0 aliphatic carbocycles. The molecule has 0 aromatic heterocycles. The molecule has 1 unspecified atom stereocenters. The summed E-state index contributed by atoms with van der Waals surface area (Å²) in [5, 5.41) is 3.64. The second kappa shape index (κ2) is 3.84. The Balaban J connectivity index is 2.39. The summed E-state index contributed by atoms with van der Waals surface area (Å²) in [6, 6.07) is 7.50. The molecule has 1 heterocycles. The predicted octanol–water partition coefficient (Wildman–Crippen LogP) is 4.17. The molecule has 0 fully saturated rings. The van der Waals surface area contributed by atoms with Crippen LogP contribution in [0.3, 0.4) is 0 Å². The van der Waals surface area contributed by atoms with Crippen LogP contribution >= 0.6 is 0 Å². The molecule has 1 aliphatic heterocycles. The number of rotatable bonds is 0. The molecule has 0 spiro atoms. The number of fused-ring (bicyclic) bond motifs is 1. The Kier molecular flexibility index (Phi) is 2.86. The van der Waals surface area contributed by atoms with Gasteiger partial charge in [-0.05, 0) is 27.5 Å². The SMILES string of the molecule is CC(C)(C)c1ccc2c(c1)CNC2C(C)(C)C. The van der Waals surface area contributed by atoms with Gasteiger partial charge in [-0.15, -0.1) is 0 Å². The first-order valence-electron chi connectivity index (χ1n) is 6.56. The molecule has 2 rings (SSSR count). The first kappa shape index (κ1) is 12.6. The second-order valence-corrected chi connectivity index (χ2v) is 7.34. The fraction of sp³-hybridized carbons (Fsp3) is 0.625. The van der Waals surface area contributed by atoms with E-state index in [1.54, 1.807) is 0 Å². The van der Waals surface area contributed by atoms with Gasteiger partial charge in [0.05, 0.1) is 0 Å². The average molecular weight is 231 g/mol. The van der Waals surface area contributed by atoms with E-state index in [2.05, 4.69) is 65.1 Å². The van der Waals surface area contributed by atoms with Gasteiger partial charge in [-0.25, -0.2) is 0 Å². The smallest absolute Gasteiger partial charge is 0.0375 e. The molecule has 0 radical (unpaired) electrons. The first-order chi connectivity index (χ1) is 7.69. The normalized spacial score (nSPS) is 20.5. The van der Waals surface area contributed by atoms with Gasteiger partial charge in [0, 0.05) is 12.6 Å². The zero-order valence-corrected chi connectivity index (χ0v) is 12.0. The zero-order valence-electron chi connectivity index (χ0n) is 12.0. The summed E-state index contributed by atoms with van der Waals surface area (Å²) in [4.78, 5) is 0. The summed E-state index contributed by atoms with van der Waals surface area (Å²) in [5.41, 5.74) is 4.94. The number of benzene rings is 1. The Morgan fingerprint density at radius 2 is 1.71 bits per heavy atom. The van der Waals surface area contributed by atoms with Crippen molar-refractivity contribution >= 4 is 0 Å². The molecule has 1 atom stereocenters. The van der Waals surface area contributed by atoms with Crippen LogP contribution in [0.2, 0.25) is 0 Å². The highest BCUT2D eigenvalue weighted by atomic mass is 15.0. The molecular weight excluding hydrogens is 206 g/mol. The van der Waals surface area contributed by atoms with E-state index >= 15 is 0 Å². The lowest BCUT2D eigenvalue weighted by molar-refractivity contribution is 0.288. The van der Waals surface area contributed by atoms with Crippen LogP contribution in [0.4, 0.5) is 0 Å². The van der Waals surface area contributed by atoms with Crippen molar-refractivity contribution < 1.29 is 0 Å². The summed E-state index contributed by atoms with van der Waals surface area (Å²) in [6.45, 7) is 14.8. The van der Waals surface area contributed by atoms with E-state index in [1.807, 2.05) is 0 Å². The largest absolute Gasteiger partial charge is 0.305 e. The van der Waals surface area contributed by atoms with E-state index in [0.29, 0.717) is 6.04 Å². The lowest BCUT2D eigenvalue weighted by Crippen LogP contribution is -2.26. The van der Waals surface area contributed by atoms with E-state index in [-0.39, 0.29) is 10.8 Å². The van der Waals surface area contributed by atoms with Crippen LogP contribution in [0, 0.1) is 5.41 Å². The van der Waals surface area contributed by atoms with Crippen molar-refractivity contribution in [1.29, 1.82) is 0 Å².